The van der Waals surface area contributed by atoms with Crippen molar-refractivity contribution >= 4 is 5.97 Å². The standard InChI is InChI=1S/C13H8F2O4/c14-8-3-9(15)5-12(4-8)19-11-2-7(13(17)18)1-10(16)6-11/h1-6,16H,(H,17,18). The van der Waals surface area contributed by atoms with E-state index >= 15 is 0 Å². The highest BCUT2D eigenvalue weighted by atomic mass is 19.1. The third kappa shape index (κ3) is 3.19. The predicted octanol–water partition coefficient (Wildman–Crippen LogP) is 3.16. The summed E-state index contributed by atoms with van der Waals surface area (Å²) in [6, 6.07) is 5.85. The van der Waals surface area contributed by atoms with Crippen molar-refractivity contribution in [1.29, 1.82) is 0 Å². The molecule has 2 aromatic rings. The fourth-order valence-electron chi connectivity index (χ4n) is 1.49. The van der Waals surface area contributed by atoms with Crippen molar-refractivity contribution < 1.29 is 28.5 Å². The molecular formula is C13H8F2O4. The Morgan fingerprint density at radius 2 is 1.53 bits per heavy atom. The second-order valence-corrected chi connectivity index (χ2v) is 3.73. The number of ether oxygens (including phenoxy) is 1. The summed E-state index contributed by atoms with van der Waals surface area (Å²) in [7, 11) is 0. The fourth-order valence-corrected chi connectivity index (χ4v) is 1.49. The Bertz CT molecular complexity index is 620. The first-order valence-corrected chi connectivity index (χ1v) is 5.15. The number of benzene rings is 2. The molecule has 0 spiro atoms. The van der Waals surface area contributed by atoms with E-state index in [4.69, 9.17) is 9.84 Å². The van der Waals surface area contributed by atoms with Gasteiger partial charge in [0, 0.05) is 24.3 Å². The van der Waals surface area contributed by atoms with Crippen LogP contribution in [0.3, 0.4) is 0 Å². The van der Waals surface area contributed by atoms with Crippen LogP contribution in [-0.4, -0.2) is 16.2 Å². The number of rotatable bonds is 3. The molecule has 0 fully saturated rings. The van der Waals surface area contributed by atoms with Crippen molar-refractivity contribution in [3.05, 3.63) is 53.6 Å². The first-order chi connectivity index (χ1) is 8.94. The normalized spacial score (nSPS) is 10.2. The van der Waals surface area contributed by atoms with Crippen LogP contribution in [0.5, 0.6) is 17.2 Å². The molecule has 0 aromatic heterocycles. The lowest BCUT2D eigenvalue weighted by atomic mass is 10.2. The number of carboxylic acid groups (broad SMARTS) is 1. The molecule has 0 aliphatic carbocycles. The van der Waals surface area contributed by atoms with Gasteiger partial charge in [0.1, 0.15) is 28.9 Å². The van der Waals surface area contributed by atoms with Gasteiger partial charge in [-0.1, -0.05) is 0 Å². The summed E-state index contributed by atoms with van der Waals surface area (Å²) >= 11 is 0. The van der Waals surface area contributed by atoms with Gasteiger partial charge >= 0.3 is 5.97 Å². The number of carboxylic acids is 1. The lowest BCUT2D eigenvalue weighted by Gasteiger charge is -2.07. The van der Waals surface area contributed by atoms with Crippen LogP contribution in [-0.2, 0) is 0 Å². The lowest BCUT2D eigenvalue weighted by molar-refractivity contribution is 0.0696. The van der Waals surface area contributed by atoms with Gasteiger partial charge in [-0.25, -0.2) is 13.6 Å². The summed E-state index contributed by atoms with van der Waals surface area (Å²) in [5, 5.41) is 18.1. The van der Waals surface area contributed by atoms with Gasteiger partial charge in [0.05, 0.1) is 5.56 Å². The minimum absolute atomic E-state index is 0.0394. The molecule has 0 aliphatic heterocycles. The number of aromatic carboxylic acids is 1. The number of hydrogen-bond donors (Lipinski definition) is 2. The minimum Gasteiger partial charge on any atom is -0.508 e. The van der Waals surface area contributed by atoms with Crippen molar-refractivity contribution in [3.63, 3.8) is 0 Å². The van der Waals surface area contributed by atoms with Crippen LogP contribution >= 0.6 is 0 Å². The number of carbonyl (C=O) groups is 1. The van der Waals surface area contributed by atoms with Crippen LogP contribution in [0.1, 0.15) is 10.4 Å². The van der Waals surface area contributed by atoms with E-state index in [1.54, 1.807) is 0 Å². The molecular weight excluding hydrogens is 258 g/mol. The van der Waals surface area contributed by atoms with Gasteiger partial charge in [-0.3, -0.25) is 0 Å². The third-order valence-corrected chi connectivity index (χ3v) is 2.21. The molecule has 0 saturated carbocycles. The summed E-state index contributed by atoms with van der Waals surface area (Å²) in [6.07, 6.45) is 0. The van der Waals surface area contributed by atoms with Crippen LogP contribution in [0.4, 0.5) is 8.78 Å². The Balaban J connectivity index is 2.35. The predicted molar refractivity (Wildman–Crippen MR) is 61.5 cm³/mol. The fraction of sp³-hybridized carbons (Fsp3) is 0. The average molecular weight is 266 g/mol. The zero-order valence-corrected chi connectivity index (χ0v) is 9.43. The van der Waals surface area contributed by atoms with Crippen molar-refractivity contribution in [2.75, 3.05) is 0 Å². The molecule has 2 rings (SSSR count). The maximum Gasteiger partial charge on any atom is 0.335 e. The van der Waals surface area contributed by atoms with E-state index in [9.17, 15) is 18.7 Å². The summed E-state index contributed by atoms with van der Waals surface area (Å²) in [4.78, 5) is 10.8. The Kier molecular flexibility index (Phi) is 3.33. The molecule has 2 N–H and O–H groups in total. The molecule has 6 heteroatoms. The molecule has 0 bridgehead atoms. The van der Waals surface area contributed by atoms with E-state index in [2.05, 4.69) is 0 Å². The molecule has 0 aliphatic rings. The van der Waals surface area contributed by atoms with E-state index in [-0.39, 0.29) is 22.8 Å². The Morgan fingerprint density at radius 3 is 2.11 bits per heavy atom. The number of halogens is 2. The molecule has 0 heterocycles. The van der Waals surface area contributed by atoms with Crippen LogP contribution < -0.4 is 4.74 Å². The first kappa shape index (κ1) is 12.8. The number of aromatic hydroxyl groups is 1. The molecule has 0 saturated heterocycles. The van der Waals surface area contributed by atoms with Gasteiger partial charge in [0.15, 0.2) is 0 Å². The average Bonchev–Trinajstić information content (AvgIpc) is 2.26. The Hall–Kier alpha value is -2.63. The van der Waals surface area contributed by atoms with Gasteiger partial charge in [0.2, 0.25) is 0 Å². The van der Waals surface area contributed by atoms with Gasteiger partial charge in [-0.05, 0) is 12.1 Å². The van der Waals surface area contributed by atoms with Crippen LogP contribution in [0, 0.1) is 11.6 Å². The quantitative estimate of drug-likeness (QED) is 0.895. The maximum atomic E-state index is 13.0. The summed E-state index contributed by atoms with van der Waals surface area (Å²) in [5.74, 6) is -3.41. The molecule has 0 amide bonds. The maximum absolute atomic E-state index is 13.0. The van der Waals surface area contributed by atoms with E-state index in [0.29, 0.717) is 6.07 Å². The first-order valence-electron chi connectivity index (χ1n) is 5.15. The number of hydrogen-bond acceptors (Lipinski definition) is 3. The van der Waals surface area contributed by atoms with Crippen molar-refractivity contribution in [2.45, 2.75) is 0 Å². The minimum atomic E-state index is -1.26. The Morgan fingerprint density at radius 1 is 0.947 bits per heavy atom. The number of phenolic OH excluding ortho intramolecular Hbond substituents is 1. The molecule has 4 nitrogen and oxygen atoms in total. The van der Waals surface area contributed by atoms with Crippen molar-refractivity contribution in [3.8, 4) is 17.2 Å². The third-order valence-electron chi connectivity index (χ3n) is 2.21. The lowest BCUT2D eigenvalue weighted by Crippen LogP contribution is -1.96. The molecule has 0 atom stereocenters. The smallest absolute Gasteiger partial charge is 0.335 e. The van der Waals surface area contributed by atoms with E-state index in [1.807, 2.05) is 0 Å². The molecule has 98 valence electrons. The summed E-state index contributed by atoms with van der Waals surface area (Å²) in [6.45, 7) is 0. The van der Waals surface area contributed by atoms with E-state index in [0.717, 1.165) is 30.3 Å². The van der Waals surface area contributed by atoms with Gasteiger partial charge in [0.25, 0.3) is 0 Å². The highest BCUT2D eigenvalue weighted by molar-refractivity contribution is 5.88. The molecule has 0 radical (unpaired) electrons. The Labute approximate surface area is 106 Å². The van der Waals surface area contributed by atoms with Crippen LogP contribution in [0.2, 0.25) is 0 Å². The van der Waals surface area contributed by atoms with Crippen molar-refractivity contribution in [2.24, 2.45) is 0 Å². The van der Waals surface area contributed by atoms with Crippen LogP contribution in [0.15, 0.2) is 36.4 Å². The van der Waals surface area contributed by atoms with Gasteiger partial charge < -0.3 is 14.9 Å². The largest absolute Gasteiger partial charge is 0.508 e. The van der Waals surface area contributed by atoms with Gasteiger partial charge in [-0.2, -0.15) is 0 Å². The monoisotopic (exact) mass is 266 g/mol. The number of phenols is 1. The molecule has 0 unspecified atom stereocenters. The highest BCUT2D eigenvalue weighted by Crippen LogP contribution is 2.27. The zero-order chi connectivity index (χ0) is 14.0. The molecule has 2 aromatic carbocycles. The van der Waals surface area contributed by atoms with E-state index < -0.39 is 17.6 Å². The molecule has 19 heavy (non-hydrogen) atoms. The second kappa shape index (κ2) is 4.93. The SMILES string of the molecule is O=C(O)c1cc(O)cc(Oc2cc(F)cc(F)c2)c1. The summed E-state index contributed by atoms with van der Waals surface area (Å²) < 4.78 is 31.0. The van der Waals surface area contributed by atoms with Gasteiger partial charge in [-0.15, -0.1) is 0 Å². The summed E-state index contributed by atoms with van der Waals surface area (Å²) in [5.41, 5.74) is -0.202. The second-order valence-electron chi connectivity index (χ2n) is 3.73. The van der Waals surface area contributed by atoms with Crippen molar-refractivity contribution in [1.82, 2.24) is 0 Å². The topological polar surface area (TPSA) is 66.8 Å². The zero-order valence-electron chi connectivity index (χ0n) is 9.43. The van der Waals surface area contributed by atoms with Crippen LogP contribution in [0.25, 0.3) is 0 Å². The highest BCUT2D eigenvalue weighted by Gasteiger charge is 2.09. The van der Waals surface area contributed by atoms with E-state index in [1.165, 1.54) is 0 Å².